The van der Waals surface area contributed by atoms with E-state index in [0.29, 0.717) is 31.0 Å². The molecular weight excluding hydrogens is 318 g/mol. The van der Waals surface area contributed by atoms with Gasteiger partial charge in [-0.2, -0.15) is 0 Å². The molecule has 1 amide bonds. The van der Waals surface area contributed by atoms with Crippen molar-refractivity contribution in [3.05, 3.63) is 59.9 Å². The van der Waals surface area contributed by atoms with E-state index in [0.717, 1.165) is 16.9 Å². The number of amides is 1. The zero-order chi connectivity index (χ0) is 17.6. The summed E-state index contributed by atoms with van der Waals surface area (Å²) in [7, 11) is 3.22. The molecule has 3 rings (SSSR count). The van der Waals surface area contributed by atoms with Crippen LogP contribution in [0.4, 0.5) is 0 Å². The number of para-hydroxylation sites is 3. The second-order valence-electron chi connectivity index (χ2n) is 5.54. The number of fused-ring (bicyclic) bond motifs is 1. The molecule has 2 aromatic carbocycles. The van der Waals surface area contributed by atoms with Crippen LogP contribution in [-0.4, -0.2) is 36.3 Å². The van der Waals surface area contributed by atoms with Crippen LogP contribution in [0.2, 0.25) is 0 Å². The molecule has 0 radical (unpaired) electrons. The van der Waals surface area contributed by atoms with Crippen molar-refractivity contribution in [3.8, 4) is 5.75 Å². The Kier molecular flexibility index (Phi) is 5.30. The lowest BCUT2D eigenvalue weighted by Crippen LogP contribution is -2.25. The number of hydrogen-bond donors (Lipinski definition) is 1. The van der Waals surface area contributed by atoms with Crippen LogP contribution in [-0.2, 0) is 17.8 Å². The molecule has 25 heavy (non-hydrogen) atoms. The Morgan fingerprint density at radius 3 is 2.68 bits per heavy atom. The first-order valence-corrected chi connectivity index (χ1v) is 8.09. The zero-order valence-electron chi connectivity index (χ0n) is 14.4. The number of nitrogens with one attached hydrogen (secondary N) is 1. The summed E-state index contributed by atoms with van der Waals surface area (Å²) in [5.41, 5.74) is 2.44. The first-order chi connectivity index (χ1) is 12.2. The van der Waals surface area contributed by atoms with Crippen LogP contribution < -0.4 is 10.1 Å². The molecule has 1 aromatic heterocycles. The largest absolute Gasteiger partial charge is 0.496 e. The van der Waals surface area contributed by atoms with Gasteiger partial charge >= 0.3 is 0 Å². The molecule has 0 saturated heterocycles. The molecule has 0 aliphatic rings. The van der Waals surface area contributed by atoms with E-state index >= 15 is 0 Å². The molecular formula is C19H21N3O3. The van der Waals surface area contributed by atoms with Gasteiger partial charge in [0.15, 0.2) is 0 Å². The van der Waals surface area contributed by atoms with Crippen LogP contribution >= 0.6 is 0 Å². The minimum absolute atomic E-state index is 0.192. The lowest BCUT2D eigenvalue weighted by molar-refractivity contribution is 0.0946. The molecule has 0 atom stereocenters. The highest BCUT2D eigenvalue weighted by Gasteiger charge is 2.14. The number of hydrogen-bond acceptors (Lipinski definition) is 4. The first-order valence-electron chi connectivity index (χ1n) is 8.09. The maximum atomic E-state index is 12.5. The van der Waals surface area contributed by atoms with E-state index in [2.05, 4.69) is 14.9 Å². The number of ether oxygens (including phenoxy) is 2. The molecule has 0 aliphatic carbocycles. The molecule has 0 bridgehead atoms. The molecule has 1 N–H and O–H groups in total. The first kappa shape index (κ1) is 17.0. The van der Waals surface area contributed by atoms with Crippen molar-refractivity contribution in [2.45, 2.75) is 13.1 Å². The van der Waals surface area contributed by atoms with Crippen molar-refractivity contribution >= 4 is 16.9 Å². The van der Waals surface area contributed by atoms with Crippen LogP contribution in [0, 0.1) is 0 Å². The van der Waals surface area contributed by atoms with Crippen LogP contribution in [0.15, 0.2) is 48.5 Å². The highest BCUT2D eigenvalue weighted by molar-refractivity contribution is 5.96. The number of aromatic nitrogens is 2. The minimum atomic E-state index is -0.192. The Bertz CT molecular complexity index is 873. The quantitative estimate of drug-likeness (QED) is 0.719. The molecule has 0 saturated carbocycles. The lowest BCUT2D eigenvalue weighted by Gasteiger charge is -2.11. The van der Waals surface area contributed by atoms with Gasteiger partial charge in [-0.1, -0.05) is 24.3 Å². The van der Waals surface area contributed by atoms with Crippen molar-refractivity contribution in [1.29, 1.82) is 0 Å². The molecule has 3 aromatic rings. The Balaban J connectivity index is 1.81. The van der Waals surface area contributed by atoms with Crippen molar-refractivity contribution in [1.82, 2.24) is 14.9 Å². The van der Waals surface area contributed by atoms with Gasteiger partial charge in [-0.3, -0.25) is 4.79 Å². The monoisotopic (exact) mass is 339 g/mol. The smallest absolute Gasteiger partial charge is 0.255 e. The average Bonchev–Trinajstić information content (AvgIpc) is 3.01. The molecule has 0 spiro atoms. The molecule has 0 aliphatic heterocycles. The fourth-order valence-corrected chi connectivity index (χ4v) is 2.78. The third kappa shape index (κ3) is 3.64. The number of benzene rings is 2. The predicted molar refractivity (Wildman–Crippen MR) is 95.8 cm³/mol. The summed E-state index contributed by atoms with van der Waals surface area (Å²) >= 11 is 0. The van der Waals surface area contributed by atoms with Gasteiger partial charge < -0.3 is 19.4 Å². The van der Waals surface area contributed by atoms with Gasteiger partial charge in [-0.05, 0) is 24.3 Å². The van der Waals surface area contributed by atoms with E-state index < -0.39 is 0 Å². The van der Waals surface area contributed by atoms with Gasteiger partial charge in [0, 0.05) is 13.7 Å². The molecule has 130 valence electrons. The standard InChI is InChI=1S/C19H21N3O3/c1-24-12-11-22-16-9-5-4-8-15(16)21-18(22)13-20-19(23)14-7-3-6-10-17(14)25-2/h3-10H,11-13H2,1-2H3,(H,20,23). The summed E-state index contributed by atoms with van der Waals surface area (Å²) in [5.74, 6) is 1.15. The fourth-order valence-electron chi connectivity index (χ4n) is 2.78. The molecule has 6 nitrogen and oxygen atoms in total. The normalized spacial score (nSPS) is 10.8. The number of methoxy groups -OCH3 is 2. The number of carbonyl (C=O) groups excluding carboxylic acids is 1. The van der Waals surface area contributed by atoms with Crippen LogP contribution in [0.3, 0.4) is 0 Å². The number of imidazole rings is 1. The average molecular weight is 339 g/mol. The van der Waals surface area contributed by atoms with Gasteiger partial charge in [-0.25, -0.2) is 4.98 Å². The van der Waals surface area contributed by atoms with Crippen molar-refractivity contribution in [2.75, 3.05) is 20.8 Å². The van der Waals surface area contributed by atoms with E-state index in [1.807, 2.05) is 36.4 Å². The number of nitrogens with zero attached hydrogens (tertiary/aromatic N) is 2. The summed E-state index contributed by atoms with van der Waals surface area (Å²) < 4.78 is 12.5. The van der Waals surface area contributed by atoms with E-state index in [-0.39, 0.29) is 5.91 Å². The Morgan fingerprint density at radius 2 is 1.88 bits per heavy atom. The molecule has 1 heterocycles. The third-order valence-electron chi connectivity index (χ3n) is 4.01. The summed E-state index contributed by atoms with van der Waals surface area (Å²) in [6.07, 6.45) is 0. The summed E-state index contributed by atoms with van der Waals surface area (Å²) in [5, 5.41) is 2.92. The number of carbonyl (C=O) groups is 1. The summed E-state index contributed by atoms with van der Waals surface area (Å²) in [4.78, 5) is 17.1. The van der Waals surface area contributed by atoms with Crippen molar-refractivity contribution < 1.29 is 14.3 Å². The van der Waals surface area contributed by atoms with E-state index in [9.17, 15) is 4.79 Å². The molecule has 6 heteroatoms. The van der Waals surface area contributed by atoms with Crippen molar-refractivity contribution in [3.63, 3.8) is 0 Å². The molecule has 0 fully saturated rings. The van der Waals surface area contributed by atoms with Gasteiger partial charge in [-0.15, -0.1) is 0 Å². The second-order valence-corrected chi connectivity index (χ2v) is 5.54. The summed E-state index contributed by atoms with van der Waals surface area (Å²) in [6.45, 7) is 1.58. The molecule has 0 unspecified atom stereocenters. The van der Waals surface area contributed by atoms with Crippen LogP contribution in [0.25, 0.3) is 11.0 Å². The Hall–Kier alpha value is -2.86. The minimum Gasteiger partial charge on any atom is -0.496 e. The van der Waals surface area contributed by atoms with Gasteiger partial charge in [0.2, 0.25) is 0 Å². The Labute approximate surface area is 146 Å². The van der Waals surface area contributed by atoms with Crippen molar-refractivity contribution in [2.24, 2.45) is 0 Å². The highest BCUT2D eigenvalue weighted by Crippen LogP contribution is 2.18. The van der Waals surface area contributed by atoms with E-state index in [1.165, 1.54) is 0 Å². The SMILES string of the molecule is COCCn1c(CNC(=O)c2ccccc2OC)nc2ccccc21. The van der Waals surface area contributed by atoms with Crippen LogP contribution in [0.5, 0.6) is 5.75 Å². The fraction of sp³-hybridized carbons (Fsp3) is 0.263. The topological polar surface area (TPSA) is 65.4 Å². The zero-order valence-corrected chi connectivity index (χ0v) is 14.4. The van der Waals surface area contributed by atoms with Gasteiger partial charge in [0.25, 0.3) is 5.91 Å². The third-order valence-corrected chi connectivity index (χ3v) is 4.01. The Morgan fingerprint density at radius 1 is 1.12 bits per heavy atom. The number of rotatable bonds is 7. The van der Waals surface area contributed by atoms with Gasteiger partial charge in [0.1, 0.15) is 11.6 Å². The van der Waals surface area contributed by atoms with E-state index in [4.69, 9.17) is 9.47 Å². The predicted octanol–water partition coefficient (Wildman–Crippen LogP) is 2.62. The lowest BCUT2D eigenvalue weighted by atomic mass is 10.2. The van der Waals surface area contributed by atoms with Gasteiger partial charge in [0.05, 0.1) is 36.9 Å². The van der Waals surface area contributed by atoms with E-state index in [1.54, 1.807) is 26.4 Å². The second kappa shape index (κ2) is 7.81. The van der Waals surface area contributed by atoms with Crippen LogP contribution in [0.1, 0.15) is 16.2 Å². The highest BCUT2D eigenvalue weighted by atomic mass is 16.5. The maximum Gasteiger partial charge on any atom is 0.255 e. The maximum absolute atomic E-state index is 12.5. The summed E-state index contributed by atoms with van der Waals surface area (Å²) in [6, 6.07) is 15.1.